The average Bonchev–Trinajstić information content (AvgIpc) is 2.83. The molecule has 0 aliphatic heterocycles. The summed E-state index contributed by atoms with van der Waals surface area (Å²) in [4.78, 5) is 1.51. The second-order valence-corrected chi connectivity index (χ2v) is 7.28. The molecule has 1 aromatic rings. The fourth-order valence-electron chi connectivity index (χ4n) is 2.61. The second-order valence-electron chi connectivity index (χ2n) is 5.54. The summed E-state index contributed by atoms with van der Waals surface area (Å²) in [5.41, 5.74) is 0. The molecule has 0 saturated heterocycles. The molecule has 0 amide bonds. The summed E-state index contributed by atoms with van der Waals surface area (Å²) in [6.45, 7) is 4.56. The lowest BCUT2D eigenvalue weighted by Crippen LogP contribution is -1.97. The van der Waals surface area contributed by atoms with Crippen LogP contribution in [0.3, 0.4) is 0 Å². The minimum absolute atomic E-state index is 0.755. The van der Waals surface area contributed by atoms with E-state index in [1.54, 1.807) is 11.3 Å². The third kappa shape index (κ3) is 7.37. The first kappa shape index (κ1) is 17.0. The number of rotatable bonds is 11. The van der Waals surface area contributed by atoms with Crippen molar-refractivity contribution in [3.05, 3.63) is 21.3 Å². The van der Waals surface area contributed by atoms with Crippen molar-refractivity contribution in [3.8, 4) is 0 Å². The van der Waals surface area contributed by atoms with Gasteiger partial charge in [0.25, 0.3) is 0 Å². The van der Waals surface area contributed by atoms with Crippen LogP contribution in [0.5, 0.6) is 0 Å². The third-order valence-corrected chi connectivity index (χ3v) is 5.20. The van der Waals surface area contributed by atoms with Crippen molar-refractivity contribution in [2.24, 2.45) is 0 Å². The number of thiophene rings is 1. The lowest BCUT2D eigenvalue weighted by Gasteiger charge is -2.15. The number of hydrogen-bond acceptors (Lipinski definition) is 1. The van der Waals surface area contributed by atoms with Gasteiger partial charge in [0.05, 0.1) is 4.34 Å². The van der Waals surface area contributed by atoms with Crippen LogP contribution >= 0.6 is 22.9 Å². The highest BCUT2D eigenvalue weighted by Gasteiger charge is 2.13. The Bertz CT molecular complexity index is 319. The van der Waals surface area contributed by atoms with E-state index in [2.05, 4.69) is 26.0 Å². The molecule has 0 nitrogen and oxygen atoms in total. The van der Waals surface area contributed by atoms with Gasteiger partial charge in [-0.05, 0) is 30.9 Å². The standard InChI is InChI=1S/C17H29ClS/c1-3-5-7-8-10-12-15(11-9-6-4-2)16-13-14-17(18)19-16/h13-15H,3-12H2,1-2H3. The Labute approximate surface area is 128 Å². The molecule has 0 bridgehead atoms. The van der Waals surface area contributed by atoms with E-state index in [0.717, 1.165) is 10.3 Å². The van der Waals surface area contributed by atoms with Gasteiger partial charge < -0.3 is 0 Å². The monoisotopic (exact) mass is 300 g/mol. The van der Waals surface area contributed by atoms with E-state index in [1.165, 1.54) is 69.1 Å². The normalized spacial score (nSPS) is 12.8. The van der Waals surface area contributed by atoms with Crippen molar-refractivity contribution in [1.82, 2.24) is 0 Å². The molecule has 1 aromatic heterocycles. The van der Waals surface area contributed by atoms with Crippen molar-refractivity contribution < 1.29 is 0 Å². The van der Waals surface area contributed by atoms with Crippen molar-refractivity contribution in [3.63, 3.8) is 0 Å². The third-order valence-electron chi connectivity index (χ3n) is 3.81. The van der Waals surface area contributed by atoms with Crippen LogP contribution in [0.15, 0.2) is 12.1 Å². The predicted octanol–water partition coefficient (Wildman–Crippen LogP) is 7.43. The molecular weight excluding hydrogens is 272 g/mol. The quantitative estimate of drug-likeness (QED) is 0.373. The summed E-state index contributed by atoms with van der Waals surface area (Å²) < 4.78 is 0.946. The lowest BCUT2D eigenvalue weighted by molar-refractivity contribution is 0.502. The van der Waals surface area contributed by atoms with Crippen molar-refractivity contribution >= 4 is 22.9 Å². The van der Waals surface area contributed by atoms with Gasteiger partial charge in [0.2, 0.25) is 0 Å². The fraction of sp³-hybridized carbons (Fsp3) is 0.765. The first-order valence-electron chi connectivity index (χ1n) is 8.03. The highest BCUT2D eigenvalue weighted by atomic mass is 35.5. The second kappa shape index (κ2) is 10.7. The van der Waals surface area contributed by atoms with Gasteiger partial charge in [-0.15, -0.1) is 11.3 Å². The topological polar surface area (TPSA) is 0 Å². The van der Waals surface area contributed by atoms with Crippen LogP contribution in [0.2, 0.25) is 4.34 Å². The molecule has 1 atom stereocenters. The Balaban J connectivity index is 2.36. The van der Waals surface area contributed by atoms with Crippen molar-refractivity contribution in [2.75, 3.05) is 0 Å². The van der Waals surface area contributed by atoms with Crippen LogP contribution in [0.1, 0.15) is 88.9 Å². The first-order valence-corrected chi connectivity index (χ1v) is 9.22. The molecule has 0 fully saturated rings. The van der Waals surface area contributed by atoms with Gasteiger partial charge in [0.1, 0.15) is 0 Å². The van der Waals surface area contributed by atoms with E-state index in [-0.39, 0.29) is 0 Å². The van der Waals surface area contributed by atoms with Gasteiger partial charge in [0, 0.05) is 4.88 Å². The van der Waals surface area contributed by atoms with Crippen LogP contribution in [0, 0.1) is 0 Å². The minimum Gasteiger partial charge on any atom is -0.128 e. The van der Waals surface area contributed by atoms with Gasteiger partial charge in [-0.3, -0.25) is 0 Å². The van der Waals surface area contributed by atoms with Gasteiger partial charge in [0.15, 0.2) is 0 Å². The molecular formula is C17H29ClS. The van der Waals surface area contributed by atoms with Crippen LogP contribution in [0.4, 0.5) is 0 Å². The molecule has 1 heterocycles. The maximum atomic E-state index is 6.09. The summed E-state index contributed by atoms with van der Waals surface area (Å²) >= 11 is 7.87. The van der Waals surface area contributed by atoms with Crippen LogP contribution in [-0.2, 0) is 0 Å². The summed E-state index contributed by atoms with van der Waals surface area (Å²) in [5.74, 6) is 0.755. The van der Waals surface area contributed by atoms with E-state index in [0.29, 0.717) is 0 Å². The Hall–Kier alpha value is -0.0100. The molecule has 2 heteroatoms. The zero-order chi connectivity index (χ0) is 13.9. The van der Waals surface area contributed by atoms with Crippen molar-refractivity contribution in [1.29, 1.82) is 0 Å². The molecule has 1 rings (SSSR count). The molecule has 0 aromatic carbocycles. The molecule has 0 N–H and O–H groups in total. The molecule has 0 aliphatic carbocycles. The SMILES string of the molecule is CCCCCCCC(CCCCC)c1ccc(Cl)s1. The highest BCUT2D eigenvalue weighted by Crippen LogP contribution is 2.34. The Morgan fingerprint density at radius 3 is 2.05 bits per heavy atom. The van der Waals surface area contributed by atoms with E-state index < -0.39 is 0 Å². The Morgan fingerprint density at radius 2 is 1.47 bits per heavy atom. The van der Waals surface area contributed by atoms with E-state index in [4.69, 9.17) is 11.6 Å². The van der Waals surface area contributed by atoms with Gasteiger partial charge in [-0.25, -0.2) is 0 Å². The van der Waals surface area contributed by atoms with Gasteiger partial charge >= 0.3 is 0 Å². The molecule has 19 heavy (non-hydrogen) atoms. The molecule has 0 aliphatic rings. The Morgan fingerprint density at radius 1 is 0.895 bits per heavy atom. The zero-order valence-electron chi connectivity index (χ0n) is 12.6. The molecule has 0 spiro atoms. The Kier molecular flexibility index (Phi) is 9.63. The molecule has 0 radical (unpaired) electrons. The minimum atomic E-state index is 0.755. The summed E-state index contributed by atoms with van der Waals surface area (Å²) in [5, 5.41) is 0. The number of unbranched alkanes of at least 4 members (excludes halogenated alkanes) is 6. The smallest absolute Gasteiger partial charge is 0.0931 e. The first-order chi connectivity index (χ1) is 9.27. The number of halogens is 1. The van der Waals surface area contributed by atoms with Crippen LogP contribution < -0.4 is 0 Å². The predicted molar refractivity (Wildman–Crippen MR) is 89.6 cm³/mol. The van der Waals surface area contributed by atoms with E-state index in [1.807, 2.05) is 0 Å². The highest BCUT2D eigenvalue weighted by molar-refractivity contribution is 7.16. The zero-order valence-corrected chi connectivity index (χ0v) is 14.2. The fourth-order valence-corrected chi connectivity index (χ4v) is 3.84. The van der Waals surface area contributed by atoms with Gasteiger partial charge in [-0.1, -0.05) is 76.8 Å². The summed E-state index contributed by atoms with van der Waals surface area (Å²) in [7, 11) is 0. The molecule has 110 valence electrons. The molecule has 1 unspecified atom stereocenters. The summed E-state index contributed by atoms with van der Waals surface area (Å²) in [6.07, 6.45) is 13.7. The van der Waals surface area contributed by atoms with Crippen LogP contribution in [0.25, 0.3) is 0 Å². The summed E-state index contributed by atoms with van der Waals surface area (Å²) in [6, 6.07) is 4.31. The van der Waals surface area contributed by atoms with E-state index >= 15 is 0 Å². The van der Waals surface area contributed by atoms with Gasteiger partial charge in [-0.2, -0.15) is 0 Å². The lowest BCUT2D eigenvalue weighted by atomic mass is 9.93. The average molecular weight is 301 g/mol. The maximum Gasteiger partial charge on any atom is 0.0931 e. The maximum absolute atomic E-state index is 6.09. The van der Waals surface area contributed by atoms with E-state index in [9.17, 15) is 0 Å². The van der Waals surface area contributed by atoms with Crippen molar-refractivity contribution in [2.45, 2.75) is 84.0 Å². The largest absolute Gasteiger partial charge is 0.128 e. The number of hydrogen-bond donors (Lipinski definition) is 0. The van der Waals surface area contributed by atoms with Crippen LogP contribution in [-0.4, -0.2) is 0 Å². The molecule has 0 saturated carbocycles.